The summed E-state index contributed by atoms with van der Waals surface area (Å²) in [6.07, 6.45) is 0. The van der Waals surface area contributed by atoms with Gasteiger partial charge in [-0.05, 0) is 32.5 Å². The average Bonchev–Trinajstić information content (AvgIpc) is 2.45. The summed E-state index contributed by atoms with van der Waals surface area (Å²) in [4.78, 5) is 15.4. The van der Waals surface area contributed by atoms with Gasteiger partial charge in [0.25, 0.3) is 5.69 Å². The Morgan fingerprint density at radius 1 is 1.43 bits per heavy atom. The number of nitro groups is 1. The number of nitrogens with zero attached hydrogens (tertiary/aromatic N) is 3. The van der Waals surface area contributed by atoms with Crippen molar-refractivity contribution in [3.05, 3.63) is 33.9 Å². The molecule has 0 radical (unpaired) electrons. The van der Waals surface area contributed by atoms with Gasteiger partial charge in [0.1, 0.15) is 0 Å². The maximum Gasteiger partial charge on any atom is 0.269 e. The van der Waals surface area contributed by atoms with E-state index in [0.29, 0.717) is 6.04 Å². The molecule has 1 atom stereocenters. The topological polar surface area (TPSA) is 61.7 Å². The number of hydrogen-bond acceptors (Lipinski definition) is 5. The monoisotopic (exact) mass is 292 g/mol. The summed E-state index contributed by atoms with van der Waals surface area (Å²) in [7, 11) is 2.14. The molecule has 1 aromatic carbocycles. The fourth-order valence-electron chi connectivity index (χ4n) is 2.70. The number of rotatable bonds is 5. The standard InChI is InChI=1S/C15H24N4O2/c1-4-16-15-6-5-14(19(20)21)9-13(15)11-18-8-7-17(3)12(2)10-18/h5-6,9,12,16H,4,7-8,10-11H2,1-3H3. The summed E-state index contributed by atoms with van der Waals surface area (Å²) in [5.74, 6) is 0. The van der Waals surface area contributed by atoms with Crippen LogP contribution >= 0.6 is 0 Å². The van der Waals surface area contributed by atoms with Crippen LogP contribution < -0.4 is 5.32 Å². The van der Waals surface area contributed by atoms with Crippen LogP contribution in [0.15, 0.2) is 18.2 Å². The minimum absolute atomic E-state index is 0.161. The summed E-state index contributed by atoms with van der Waals surface area (Å²) >= 11 is 0. The first-order valence-electron chi connectivity index (χ1n) is 7.45. The zero-order chi connectivity index (χ0) is 15.4. The summed E-state index contributed by atoms with van der Waals surface area (Å²) in [5.41, 5.74) is 2.16. The molecule has 1 saturated heterocycles. The molecule has 1 aliphatic rings. The first-order valence-corrected chi connectivity index (χ1v) is 7.45. The zero-order valence-corrected chi connectivity index (χ0v) is 13.0. The molecule has 21 heavy (non-hydrogen) atoms. The average molecular weight is 292 g/mol. The maximum absolute atomic E-state index is 11.0. The normalized spacial score (nSPS) is 20.4. The van der Waals surface area contributed by atoms with E-state index in [1.165, 1.54) is 0 Å². The van der Waals surface area contributed by atoms with Gasteiger partial charge in [0.15, 0.2) is 0 Å². The molecule has 1 N–H and O–H groups in total. The second kappa shape index (κ2) is 6.87. The van der Waals surface area contributed by atoms with Gasteiger partial charge in [-0.2, -0.15) is 0 Å². The molecule has 1 aromatic rings. The van der Waals surface area contributed by atoms with Gasteiger partial charge < -0.3 is 10.2 Å². The van der Waals surface area contributed by atoms with E-state index in [0.717, 1.165) is 44.0 Å². The van der Waals surface area contributed by atoms with Crippen LogP contribution in [0.1, 0.15) is 19.4 Å². The highest BCUT2D eigenvalue weighted by Crippen LogP contribution is 2.24. The Morgan fingerprint density at radius 3 is 2.81 bits per heavy atom. The minimum Gasteiger partial charge on any atom is -0.385 e. The molecular weight excluding hydrogens is 268 g/mol. The zero-order valence-electron chi connectivity index (χ0n) is 13.0. The Kier molecular flexibility index (Phi) is 5.14. The molecule has 0 bridgehead atoms. The molecule has 0 aliphatic carbocycles. The fraction of sp³-hybridized carbons (Fsp3) is 0.600. The SMILES string of the molecule is CCNc1ccc([N+](=O)[O-])cc1CN1CCN(C)C(C)C1. The van der Waals surface area contributed by atoms with E-state index in [1.54, 1.807) is 12.1 Å². The lowest BCUT2D eigenvalue weighted by Gasteiger charge is -2.37. The van der Waals surface area contributed by atoms with E-state index >= 15 is 0 Å². The van der Waals surface area contributed by atoms with Crippen LogP contribution in [0, 0.1) is 10.1 Å². The van der Waals surface area contributed by atoms with E-state index in [1.807, 2.05) is 13.0 Å². The molecule has 0 saturated carbocycles. The highest BCUT2D eigenvalue weighted by atomic mass is 16.6. The smallest absolute Gasteiger partial charge is 0.269 e. The number of benzene rings is 1. The largest absolute Gasteiger partial charge is 0.385 e. The minimum atomic E-state index is -0.328. The third kappa shape index (κ3) is 3.92. The molecule has 116 valence electrons. The molecule has 6 nitrogen and oxygen atoms in total. The van der Waals surface area contributed by atoms with Crippen molar-refractivity contribution in [3.8, 4) is 0 Å². The van der Waals surface area contributed by atoms with Crippen LogP contribution in [-0.4, -0.2) is 54.0 Å². The van der Waals surface area contributed by atoms with Crippen LogP contribution in [0.25, 0.3) is 0 Å². The summed E-state index contributed by atoms with van der Waals surface area (Å²) in [6.45, 7) is 8.83. The second-order valence-corrected chi connectivity index (χ2v) is 5.69. The van der Waals surface area contributed by atoms with E-state index in [-0.39, 0.29) is 10.6 Å². The predicted molar refractivity (Wildman–Crippen MR) is 84.6 cm³/mol. The maximum atomic E-state index is 11.0. The molecule has 2 rings (SSSR count). The van der Waals surface area contributed by atoms with Gasteiger partial charge in [0.2, 0.25) is 0 Å². The highest BCUT2D eigenvalue weighted by molar-refractivity contribution is 5.56. The molecular formula is C15H24N4O2. The van der Waals surface area contributed by atoms with Gasteiger partial charge in [-0.15, -0.1) is 0 Å². The van der Waals surface area contributed by atoms with E-state index < -0.39 is 0 Å². The Balaban J connectivity index is 2.16. The van der Waals surface area contributed by atoms with E-state index in [9.17, 15) is 10.1 Å². The van der Waals surface area contributed by atoms with Gasteiger partial charge in [0, 0.05) is 56.6 Å². The van der Waals surface area contributed by atoms with Crippen LogP contribution in [0.2, 0.25) is 0 Å². The molecule has 0 aromatic heterocycles. The third-order valence-corrected chi connectivity index (χ3v) is 4.10. The van der Waals surface area contributed by atoms with Crippen LogP contribution in [0.3, 0.4) is 0 Å². The number of piperazine rings is 1. The van der Waals surface area contributed by atoms with Crippen molar-refractivity contribution in [2.24, 2.45) is 0 Å². The van der Waals surface area contributed by atoms with Gasteiger partial charge in [0.05, 0.1) is 4.92 Å². The second-order valence-electron chi connectivity index (χ2n) is 5.69. The number of nitrogens with one attached hydrogen (secondary N) is 1. The number of nitro benzene ring substituents is 1. The van der Waals surface area contributed by atoms with Crippen molar-refractivity contribution in [2.45, 2.75) is 26.4 Å². The summed E-state index contributed by atoms with van der Waals surface area (Å²) in [6, 6.07) is 5.59. The van der Waals surface area contributed by atoms with Crippen molar-refractivity contribution in [1.82, 2.24) is 9.80 Å². The molecule has 1 unspecified atom stereocenters. The number of hydrogen-bond donors (Lipinski definition) is 1. The number of likely N-dealkylation sites (N-methyl/N-ethyl adjacent to an activating group) is 1. The lowest BCUT2D eigenvalue weighted by molar-refractivity contribution is -0.384. The van der Waals surface area contributed by atoms with Crippen molar-refractivity contribution in [3.63, 3.8) is 0 Å². The van der Waals surface area contributed by atoms with Crippen molar-refractivity contribution >= 4 is 11.4 Å². The first kappa shape index (κ1) is 15.7. The van der Waals surface area contributed by atoms with E-state index in [2.05, 4.69) is 29.1 Å². The predicted octanol–water partition coefficient (Wildman–Crippen LogP) is 2.16. The van der Waals surface area contributed by atoms with Crippen molar-refractivity contribution in [1.29, 1.82) is 0 Å². The molecule has 1 fully saturated rings. The lowest BCUT2D eigenvalue weighted by Crippen LogP contribution is -2.49. The first-order chi connectivity index (χ1) is 10.0. The van der Waals surface area contributed by atoms with Gasteiger partial charge >= 0.3 is 0 Å². The van der Waals surface area contributed by atoms with Crippen LogP contribution in [0.4, 0.5) is 11.4 Å². The molecule has 1 heterocycles. The van der Waals surface area contributed by atoms with Crippen LogP contribution in [-0.2, 0) is 6.54 Å². The lowest BCUT2D eigenvalue weighted by atomic mass is 10.1. The summed E-state index contributed by atoms with van der Waals surface area (Å²) < 4.78 is 0. The fourth-order valence-corrected chi connectivity index (χ4v) is 2.70. The Morgan fingerprint density at radius 2 is 2.19 bits per heavy atom. The Bertz CT molecular complexity index is 506. The Hall–Kier alpha value is -1.66. The quantitative estimate of drug-likeness (QED) is 0.665. The van der Waals surface area contributed by atoms with Gasteiger partial charge in [-0.1, -0.05) is 0 Å². The Labute approximate surface area is 125 Å². The van der Waals surface area contributed by atoms with Crippen molar-refractivity contribution < 1.29 is 4.92 Å². The molecule has 0 spiro atoms. The highest BCUT2D eigenvalue weighted by Gasteiger charge is 2.22. The molecule has 1 aliphatic heterocycles. The number of anilines is 1. The molecule has 6 heteroatoms. The van der Waals surface area contributed by atoms with Crippen LogP contribution in [0.5, 0.6) is 0 Å². The molecule has 0 amide bonds. The summed E-state index contributed by atoms with van der Waals surface area (Å²) in [5, 5.41) is 14.3. The van der Waals surface area contributed by atoms with E-state index in [4.69, 9.17) is 0 Å². The van der Waals surface area contributed by atoms with Gasteiger partial charge in [-0.3, -0.25) is 15.0 Å². The van der Waals surface area contributed by atoms with Gasteiger partial charge in [-0.25, -0.2) is 0 Å². The van der Waals surface area contributed by atoms with Crippen molar-refractivity contribution in [2.75, 3.05) is 38.5 Å². The number of non-ortho nitro benzene ring substituents is 1. The third-order valence-electron chi connectivity index (χ3n) is 4.10.